The third kappa shape index (κ3) is 4.89. The van der Waals surface area contributed by atoms with Gasteiger partial charge >= 0.3 is 0 Å². The first-order valence-corrected chi connectivity index (χ1v) is 12.2. The monoisotopic (exact) mass is 469 g/mol. The van der Waals surface area contributed by atoms with Crippen molar-refractivity contribution in [2.75, 3.05) is 35.8 Å². The lowest BCUT2D eigenvalue weighted by Crippen LogP contribution is -2.48. The molecule has 0 aromatic heterocycles. The topological polar surface area (TPSA) is 69.7 Å². The van der Waals surface area contributed by atoms with Crippen LogP contribution in [0.2, 0.25) is 5.02 Å². The molecule has 32 heavy (non-hydrogen) atoms. The van der Waals surface area contributed by atoms with Crippen LogP contribution < -0.4 is 9.62 Å². The number of halogens is 1. The number of piperazine rings is 1. The van der Waals surface area contributed by atoms with Gasteiger partial charge in [0, 0.05) is 37.4 Å². The summed E-state index contributed by atoms with van der Waals surface area (Å²) in [5.41, 5.74) is 2.82. The molecule has 3 aromatic rings. The van der Waals surface area contributed by atoms with E-state index in [4.69, 9.17) is 11.6 Å². The Balaban J connectivity index is 1.45. The van der Waals surface area contributed by atoms with E-state index in [1.807, 2.05) is 43.3 Å². The van der Waals surface area contributed by atoms with Crippen LogP contribution in [0.25, 0.3) is 0 Å². The number of carbonyl (C=O) groups is 1. The second-order valence-corrected chi connectivity index (χ2v) is 9.82. The maximum Gasteiger partial charge on any atom is 0.261 e. The number of nitrogens with one attached hydrogen (secondary N) is 1. The molecule has 1 heterocycles. The van der Waals surface area contributed by atoms with Gasteiger partial charge in [0.2, 0.25) is 0 Å². The molecular weight excluding hydrogens is 446 g/mol. The van der Waals surface area contributed by atoms with Crippen LogP contribution in [0.3, 0.4) is 0 Å². The lowest BCUT2D eigenvalue weighted by molar-refractivity contribution is 0.0746. The van der Waals surface area contributed by atoms with Crippen molar-refractivity contribution in [1.29, 1.82) is 0 Å². The largest absolute Gasteiger partial charge is 0.367 e. The van der Waals surface area contributed by atoms with Crippen LogP contribution in [0, 0.1) is 6.92 Å². The molecule has 3 aromatic carbocycles. The van der Waals surface area contributed by atoms with Gasteiger partial charge in [0.1, 0.15) is 0 Å². The van der Waals surface area contributed by atoms with Crippen molar-refractivity contribution >= 4 is 38.9 Å². The second kappa shape index (κ2) is 9.22. The molecule has 166 valence electrons. The second-order valence-electron chi connectivity index (χ2n) is 7.73. The van der Waals surface area contributed by atoms with Gasteiger partial charge in [0.05, 0.1) is 15.6 Å². The maximum atomic E-state index is 13.1. The van der Waals surface area contributed by atoms with E-state index < -0.39 is 10.0 Å². The normalized spacial score (nSPS) is 14.3. The van der Waals surface area contributed by atoms with Gasteiger partial charge in [0.15, 0.2) is 0 Å². The van der Waals surface area contributed by atoms with Crippen LogP contribution in [0.1, 0.15) is 15.9 Å². The standard InChI is InChI=1S/C24H24ClN3O3S/c1-18-9-11-20(12-10-18)26-32(30,31)21-6-4-5-19(17-21)24(29)28-15-13-27(14-16-28)23-8-3-2-7-22(23)25/h2-12,17,26H,13-16H2,1H3. The van der Waals surface area contributed by atoms with E-state index in [9.17, 15) is 13.2 Å². The van der Waals surface area contributed by atoms with Gasteiger partial charge in [-0.2, -0.15) is 0 Å². The first-order valence-electron chi connectivity index (χ1n) is 10.3. The van der Waals surface area contributed by atoms with Gasteiger partial charge in [-0.1, -0.05) is 47.5 Å². The number of benzene rings is 3. The van der Waals surface area contributed by atoms with E-state index in [1.165, 1.54) is 12.1 Å². The Morgan fingerprint density at radius 3 is 2.28 bits per heavy atom. The molecule has 1 saturated heterocycles. The lowest BCUT2D eigenvalue weighted by Gasteiger charge is -2.36. The molecule has 0 bridgehead atoms. The Morgan fingerprint density at radius 2 is 1.59 bits per heavy atom. The van der Waals surface area contributed by atoms with Crippen molar-refractivity contribution in [1.82, 2.24) is 4.90 Å². The average Bonchev–Trinajstić information content (AvgIpc) is 2.80. The Hall–Kier alpha value is -3.03. The maximum absolute atomic E-state index is 13.1. The minimum Gasteiger partial charge on any atom is -0.367 e. The van der Waals surface area contributed by atoms with Crippen molar-refractivity contribution < 1.29 is 13.2 Å². The van der Waals surface area contributed by atoms with E-state index in [1.54, 1.807) is 29.2 Å². The minimum absolute atomic E-state index is 0.0543. The highest BCUT2D eigenvalue weighted by atomic mass is 35.5. The molecule has 6 nitrogen and oxygen atoms in total. The van der Waals surface area contributed by atoms with Crippen molar-refractivity contribution in [2.24, 2.45) is 0 Å². The van der Waals surface area contributed by atoms with Crippen LogP contribution in [-0.4, -0.2) is 45.4 Å². The summed E-state index contributed by atoms with van der Waals surface area (Å²) < 4.78 is 28.2. The van der Waals surface area contributed by atoms with Gasteiger partial charge in [-0.25, -0.2) is 8.42 Å². The summed E-state index contributed by atoms with van der Waals surface area (Å²) in [7, 11) is -3.81. The molecule has 0 aliphatic carbocycles. The Morgan fingerprint density at radius 1 is 0.906 bits per heavy atom. The first-order chi connectivity index (χ1) is 15.3. The molecule has 1 fully saturated rings. The van der Waals surface area contributed by atoms with Crippen molar-refractivity contribution in [3.63, 3.8) is 0 Å². The predicted octanol–water partition coefficient (Wildman–Crippen LogP) is 4.41. The fourth-order valence-corrected chi connectivity index (χ4v) is 5.03. The Bertz CT molecular complexity index is 1220. The van der Waals surface area contributed by atoms with Crippen molar-refractivity contribution in [3.8, 4) is 0 Å². The molecule has 0 saturated carbocycles. The van der Waals surface area contributed by atoms with Gasteiger partial charge in [-0.05, 0) is 49.4 Å². The highest BCUT2D eigenvalue weighted by Gasteiger charge is 2.24. The van der Waals surface area contributed by atoms with E-state index in [0.29, 0.717) is 42.5 Å². The van der Waals surface area contributed by atoms with Crippen LogP contribution in [0.15, 0.2) is 77.7 Å². The zero-order chi connectivity index (χ0) is 22.7. The molecule has 1 N–H and O–H groups in total. The third-order valence-electron chi connectivity index (χ3n) is 5.46. The molecule has 1 aliphatic rings. The summed E-state index contributed by atoms with van der Waals surface area (Å²) in [6, 6.07) is 20.9. The summed E-state index contributed by atoms with van der Waals surface area (Å²) in [6.07, 6.45) is 0. The number of para-hydroxylation sites is 1. The lowest BCUT2D eigenvalue weighted by atomic mass is 10.1. The first kappa shape index (κ1) is 22.2. The van der Waals surface area contributed by atoms with Crippen molar-refractivity contribution in [2.45, 2.75) is 11.8 Å². The highest BCUT2D eigenvalue weighted by Crippen LogP contribution is 2.26. The number of amides is 1. The highest BCUT2D eigenvalue weighted by molar-refractivity contribution is 7.92. The predicted molar refractivity (Wildman–Crippen MR) is 128 cm³/mol. The van der Waals surface area contributed by atoms with Crippen LogP contribution in [-0.2, 0) is 10.0 Å². The zero-order valence-electron chi connectivity index (χ0n) is 17.7. The summed E-state index contributed by atoms with van der Waals surface area (Å²) in [5.74, 6) is -0.184. The number of aryl methyl sites for hydroxylation is 1. The molecule has 0 spiro atoms. The molecule has 8 heteroatoms. The summed E-state index contributed by atoms with van der Waals surface area (Å²) >= 11 is 6.29. The summed E-state index contributed by atoms with van der Waals surface area (Å²) in [6.45, 7) is 4.30. The van der Waals surface area contributed by atoms with Crippen LogP contribution >= 0.6 is 11.6 Å². The van der Waals surface area contributed by atoms with Gasteiger partial charge in [-0.3, -0.25) is 9.52 Å². The molecule has 1 aliphatic heterocycles. The van der Waals surface area contributed by atoms with Crippen LogP contribution in [0.4, 0.5) is 11.4 Å². The number of hydrogen-bond acceptors (Lipinski definition) is 4. The quantitative estimate of drug-likeness (QED) is 0.600. The van der Waals surface area contributed by atoms with E-state index in [0.717, 1.165) is 11.3 Å². The molecule has 0 radical (unpaired) electrons. The molecule has 4 rings (SSSR count). The fraction of sp³-hybridized carbons (Fsp3) is 0.208. The summed E-state index contributed by atoms with van der Waals surface area (Å²) in [5, 5.41) is 0.686. The molecular formula is C24H24ClN3O3S. The fourth-order valence-electron chi connectivity index (χ4n) is 3.67. The Labute approximate surface area is 193 Å². The number of nitrogens with zero attached hydrogens (tertiary/aromatic N) is 2. The van der Waals surface area contributed by atoms with Gasteiger partial charge in [0.25, 0.3) is 15.9 Å². The van der Waals surface area contributed by atoms with E-state index >= 15 is 0 Å². The van der Waals surface area contributed by atoms with E-state index in [2.05, 4.69) is 9.62 Å². The smallest absolute Gasteiger partial charge is 0.261 e. The number of sulfonamides is 1. The minimum atomic E-state index is -3.81. The van der Waals surface area contributed by atoms with Crippen LogP contribution in [0.5, 0.6) is 0 Å². The summed E-state index contributed by atoms with van der Waals surface area (Å²) in [4.78, 5) is 17.0. The van der Waals surface area contributed by atoms with Crippen molar-refractivity contribution in [3.05, 3.63) is 88.9 Å². The molecule has 0 atom stereocenters. The molecule has 1 amide bonds. The number of hydrogen-bond donors (Lipinski definition) is 1. The number of anilines is 2. The average molecular weight is 470 g/mol. The molecule has 0 unspecified atom stereocenters. The number of rotatable bonds is 5. The Kier molecular flexibility index (Phi) is 6.39. The third-order valence-corrected chi connectivity index (χ3v) is 7.15. The number of carbonyl (C=O) groups excluding carboxylic acids is 1. The van der Waals surface area contributed by atoms with E-state index in [-0.39, 0.29) is 10.8 Å². The van der Waals surface area contributed by atoms with Gasteiger partial charge in [-0.15, -0.1) is 0 Å². The van der Waals surface area contributed by atoms with Gasteiger partial charge < -0.3 is 9.80 Å². The SMILES string of the molecule is Cc1ccc(NS(=O)(=O)c2cccc(C(=O)N3CCN(c4ccccc4Cl)CC3)c2)cc1. The zero-order valence-corrected chi connectivity index (χ0v) is 19.2.